The minimum atomic E-state index is -0.915. The van der Waals surface area contributed by atoms with E-state index in [4.69, 9.17) is 5.11 Å². The smallest absolute Gasteiger partial charge is 0.305 e. The molecule has 0 aromatic carbocycles. The highest BCUT2D eigenvalue weighted by Gasteiger charge is 2.31. The minimum absolute atomic E-state index is 0.0867. The molecule has 1 rings (SSSR count). The van der Waals surface area contributed by atoms with Crippen LogP contribution in [-0.2, 0) is 4.79 Å². The average molecular weight is 281 g/mol. The van der Waals surface area contributed by atoms with Crippen LogP contribution in [0.15, 0.2) is 12.3 Å². The normalized spacial score (nSPS) is 11.7. The summed E-state index contributed by atoms with van der Waals surface area (Å²) in [4.78, 5) is 23.2. The average Bonchev–Trinajstić information content (AvgIpc) is 2.87. The van der Waals surface area contributed by atoms with E-state index < -0.39 is 11.5 Å². The molecule has 0 aliphatic rings. The van der Waals surface area contributed by atoms with E-state index in [1.165, 1.54) is 0 Å². The molecule has 20 heavy (non-hydrogen) atoms. The molecule has 0 saturated heterocycles. The topological polar surface area (TPSA) is 84.2 Å². The van der Waals surface area contributed by atoms with Crippen molar-refractivity contribution in [2.24, 2.45) is 0 Å². The van der Waals surface area contributed by atoms with E-state index in [1.807, 2.05) is 27.7 Å². The highest BCUT2D eigenvalue weighted by molar-refractivity contribution is 5.93. The van der Waals surface area contributed by atoms with Crippen LogP contribution in [0.2, 0.25) is 0 Å². The number of aromatic nitrogens is 2. The van der Waals surface area contributed by atoms with Gasteiger partial charge in [0.25, 0.3) is 5.91 Å². The molecule has 0 atom stereocenters. The van der Waals surface area contributed by atoms with Crippen molar-refractivity contribution in [3.63, 3.8) is 0 Å². The SMILES string of the molecule is CCC(CC)(CC(=O)O)NC(=O)c1ccn(C(C)C)n1. The van der Waals surface area contributed by atoms with Gasteiger partial charge in [0.05, 0.1) is 12.0 Å². The Kier molecular flexibility index (Phi) is 5.30. The van der Waals surface area contributed by atoms with Crippen LogP contribution in [0.5, 0.6) is 0 Å². The van der Waals surface area contributed by atoms with Gasteiger partial charge in [-0.3, -0.25) is 14.3 Å². The summed E-state index contributed by atoms with van der Waals surface area (Å²) in [5.74, 6) is -1.24. The van der Waals surface area contributed by atoms with Crippen molar-refractivity contribution >= 4 is 11.9 Å². The van der Waals surface area contributed by atoms with E-state index in [-0.39, 0.29) is 18.4 Å². The molecular weight excluding hydrogens is 258 g/mol. The Morgan fingerprint density at radius 3 is 2.40 bits per heavy atom. The summed E-state index contributed by atoms with van der Waals surface area (Å²) in [6.07, 6.45) is 2.78. The second kappa shape index (κ2) is 6.54. The van der Waals surface area contributed by atoms with Crippen LogP contribution in [0, 0.1) is 0 Å². The van der Waals surface area contributed by atoms with Crippen LogP contribution in [0.1, 0.15) is 63.5 Å². The number of carbonyl (C=O) groups excluding carboxylic acids is 1. The third-order valence-corrected chi connectivity index (χ3v) is 3.59. The van der Waals surface area contributed by atoms with Crippen molar-refractivity contribution in [3.8, 4) is 0 Å². The van der Waals surface area contributed by atoms with Crippen LogP contribution < -0.4 is 5.32 Å². The summed E-state index contributed by atoms with van der Waals surface area (Å²) in [5, 5.41) is 16.0. The molecule has 0 fully saturated rings. The zero-order valence-electron chi connectivity index (χ0n) is 12.5. The fraction of sp³-hybridized carbons (Fsp3) is 0.643. The van der Waals surface area contributed by atoms with Crippen molar-refractivity contribution in [2.75, 3.05) is 0 Å². The van der Waals surface area contributed by atoms with E-state index >= 15 is 0 Å². The quantitative estimate of drug-likeness (QED) is 0.802. The van der Waals surface area contributed by atoms with Gasteiger partial charge >= 0.3 is 5.97 Å². The lowest BCUT2D eigenvalue weighted by Gasteiger charge is -2.31. The van der Waals surface area contributed by atoms with E-state index in [2.05, 4.69) is 10.4 Å². The summed E-state index contributed by atoms with van der Waals surface area (Å²) >= 11 is 0. The van der Waals surface area contributed by atoms with Crippen molar-refractivity contribution in [1.82, 2.24) is 15.1 Å². The van der Waals surface area contributed by atoms with Crippen molar-refractivity contribution < 1.29 is 14.7 Å². The molecule has 0 bridgehead atoms. The first kappa shape index (κ1) is 16.2. The lowest BCUT2D eigenvalue weighted by molar-refractivity contribution is -0.138. The molecule has 1 aromatic rings. The third-order valence-electron chi connectivity index (χ3n) is 3.59. The molecule has 0 spiro atoms. The van der Waals surface area contributed by atoms with E-state index in [9.17, 15) is 9.59 Å². The summed E-state index contributed by atoms with van der Waals surface area (Å²) < 4.78 is 1.70. The van der Waals surface area contributed by atoms with Crippen LogP contribution in [0.4, 0.5) is 0 Å². The van der Waals surface area contributed by atoms with Gasteiger partial charge in [-0.2, -0.15) is 5.10 Å². The van der Waals surface area contributed by atoms with Gasteiger partial charge in [-0.05, 0) is 32.8 Å². The standard InChI is InChI=1S/C14H23N3O3/c1-5-14(6-2,9-12(18)19)15-13(20)11-7-8-17(16-11)10(3)4/h7-8,10H,5-6,9H2,1-4H3,(H,15,20)(H,18,19). The molecule has 0 aliphatic carbocycles. The molecule has 0 radical (unpaired) electrons. The summed E-state index contributed by atoms with van der Waals surface area (Å²) in [5.41, 5.74) is -0.403. The molecule has 1 amide bonds. The van der Waals surface area contributed by atoms with Gasteiger partial charge in [0.15, 0.2) is 0 Å². The number of carboxylic acids is 1. The van der Waals surface area contributed by atoms with Crippen LogP contribution in [0.3, 0.4) is 0 Å². The molecule has 0 saturated carbocycles. The molecule has 6 nitrogen and oxygen atoms in total. The largest absolute Gasteiger partial charge is 0.481 e. The van der Waals surface area contributed by atoms with Gasteiger partial charge < -0.3 is 10.4 Å². The highest BCUT2D eigenvalue weighted by atomic mass is 16.4. The third kappa shape index (κ3) is 3.82. The van der Waals surface area contributed by atoms with Gasteiger partial charge in [-0.15, -0.1) is 0 Å². The molecule has 0 aliphatic heterocycles. The summed E-state index contributed by atoms with van der Waals surface area (Å²) in [6.45, 7) is 7.70. The molecule has 1 aromatic heterocycles. The molecule has 112 valence electrons. The van der Waals surface area contributed by atoms with E-state index in [0.717, 1.165) is 0 Å². The molecule has 0 unspecified atom stereocenters. The zero-order valence-corrected chi connectivity index (χ0v) is 12.5. The van der Waals surface area contributed by atoms with Gasteiger partial charge in [-0.25, -0.2) is 0 Å². The minimum Gasteiger partial charge on any atom is -0.481 e. The Bertz CT molecular complexity index is 476. The number of carboxylic acid groups (broad SMARTS) is 1. The van der Waals surface area contributed by atoms with E-state index in [0.29, 0.717) is 18.5 Å². The first-order chi connectivity index (χ1) is 9.33. The Morgan fingerprint density at radius 1 is 1.40 bits per heavy atom. The Morgan fingerprint density at radius 2 is 2.00 bits per heavy atom. The number of nitrogens with one attached hydrogen (secondary N) is 1. The Hall–Kier alpha value is -1.85. The summed E-state index contributed by atoms with van der Waals surface area (Å²) in [7, 11) is 0. The lowest BCUT2D eigenvalue weighted by atomic mass is 9.89. The second-order valence-electron chi connectivity index (χ2n) is 5.29. The van der Waals surface area contributed by atoms with Crippen LogP contribution >= 0.6 is 0 Å². The van der Waals surface area contributed by atoms with E-state index in [1.54, 1.807) is 16.9 Å². The van der Waals surface area contributed by atoms with Crippen molar-refractivity contribution in [1.29, 1.82) is 0 Å². The second-order valence-corrected chi connectivity index (χ2v) is 5.29. The fourth-order valence-electron chi connectivity index (χ4n) is 2.06. The highest BCUT2D eigenvalue weighted by Crippen LogP contribution is 2.20. The number of carbonyl (C=O) groups is 2. The Balaban J connectivity index is 2.87. The monoisotopic (exact) mass is 281 g/mol. The first-order valence-corrected chi connectivity index (χ1v) is 6.93. The summed E-state index contributed by atoms with van der Waals surface area (Å²) in [6, 6.07) is 1.82. The van der Waals surface area contributed by atoms with Gasteiger partial charge in [0, 0.05) is 12.2 Å². The van der Waals surface area contributed by atoms with Gasteiger partial charge in [-0.1, -0.05) is 13.8 Å². The van der Waals surface area contributed by atoms with Crippen molar-refractivity contribution in [2.45, 2.75) is 58.5 Å². The van der Waals surface area contributed by atoms with Crippen LogP contribution in [0.25, 0.3) is 0 Å². The molecular formula is C14H23N3O3. The number of amides is 1. The fourth-order valence-corrected chi connectivity index (χ4v) is 2.06. The van der Waals surface area contributed by atoms with Crippen LogP contribution in [-0.4, -0.2) is 32.3 Å². The maximum atomic E-state index is 12.2. The maximum Gasteiger partial charge on any atom is 0.305 e. The van der Waals surface area contributed by atoms with Gasteiger partial charge in [0.2, 0.25) is 0 Å². The predicted octanol–water partition coefficient (Wildman–Crippen LogP) is 2.23. The Labute approximate surface area is 119 Å². The lowest BCUT2D eigenvalue weighted by Crippen LogP contribution is -2.49. The first-order valence-electron chi connectivity index (χ1n) is 6.93. The molecule has 2 N–H and O–H groups in total. The zero-order chi connectivity index (χ0) is 15.3. The molecule has 1 heterocycles. The molecule has 6 heteroatoms. The van der Waals surface area contributed by atoms with Gasteiger partial charge in [0.1, 0.15) is 5.69 Å². The predicted molar refractivity (Wildman–Crippen MR) is 75.6 cm³/mol. The number of rotatable bonds is 7. The number of nitrogens with zero attached hydrogens (tertiary/aromatic N) is 2. The number of aliphatic carboxylic acids is 1. The van der Waals surface area contributed by atoms with Crippen molar-refractivity contribution in [3.05, 3.63) is 18.0 Å². The number of hydrogen-bond acceptors (Lipinski definition) is 3. The number of hydrogen-bond donors (Lipinski definition) is 2. The maximum absolute atomic E-state index is 12.2.